The fourth-order valence-electron chi connectivity index (χ4n) is 1.69. The molecule has 0 fully saturated rings. The van der Waals surface area contributed by atoms with Crippen LogP contribution >= 0.6 is 15.9 Å². The first-order valence-electron chi connectivity index (χ1n) is 5.64. The monoisotopic (exact) mass is 367 g/mol. The highest BCUT2D eigenvalue weighted by atomic mass is 79.9. The second-order valence-electron chi connectivity index (χ2n) is 4.81. The van der Waals surface area contributed by atoms with Crippen LogP contribution in [0, 0.1) is 11.6 Å². The van der Waals surface area contributed by atoms with Crippen LogP contribution in [0.15, 0.2) is 29.3 Å². The fourth-order valence-corrected chi connectivity index (χ4v) is 4.10. The van der Waals surface area contributed by atoms with Gasteiger partial charge in [-0.25, -0.2) is 17.2 Å². The zero-order valence-electron chi connectivity index (χ0n) is 10.7. The van der Waals surface area contributed by atoms with E-state index >= 15 is 0 Å². The Morgan fingerprint density at radius 3 is 2.30 bits per heavy atom. The van der Waals surface area contributed by atoms with Crippen molar-refractivity contribution in [2.24, 2.45) is 0 Å². The van der Waals surface area contributed by atoms with Gasteiger partial charge in [-0.2, -0.15) is 0 Å². The fraction of sp³-hybridized carbons (Fsp3) is 0.333. The van der Waals surface area contributed by atoms with Crippen molar-refractivity contribution in [3.63, 3.8) is 0 Å². The van der Waals surface area contributed by atoms with Gasteiger partial charge in [-0.05, 0) is 32.1 Å². The molecule has 0 radical (unpaired) electrons. The highest BCUT2D eigenvalue weighted by Crippen LogP contribution is 2.38. The van der Waals surface area contributed by atoms with Crippen LogP contribution in [0.4, 0.5) is 8.78 Å². The Bertz CT molecular complexity index is 653. The average Bonchev–Trinajstić information content (AvgIpc) is 2.70. The highest BCUT2D eigenvalue weighted by Gasteiger charge is 2.38. The first-order chi connectivity index (χ1) is 9.15. The third-order valence-corrected chi connectivity index (χ3v) is 6.23. The molecule has 0 aliphatic carbocycles. The molecule has 1 aliphatic heterocycles. The Morgan fingerprint density at radius 2 is 1.85 bits per heavy atom. The van der Waals surface area contributed by atoms with Crippen molar-refractivity contribution in [1.82, 2.24) is 5.48 Å². The summed E-state index contributed by atoms with van der Waals surface area (Å²) in [5, 5.41) is -0.230. The molecule has 4 nitrogen and oxygen atoms in total. The molecule has 20 heavy (non-hydrogen) atoms. The van der Waals surface area contributed by atoms with E-state index in [1.165, 1.54) is 12.1 Å². The molecule has 1 unspecified atom stereocenters. The molecule has 0 saturated carbocycles. The summed E-state index contributed by atoms with van der Waals surface area (Å²) in [6.45, 7) is 3.30. The Kier molecular flexibility index (Phi) is 3.92. The molecule has 1 aromatic carbocycles. The quantitative estimate of drug-likeness (QED) is 0.834. The van der Waals surface area contributed by atoms with E-state index < -0.39 is 36.8 Å². The number of hydrogen-bond donors (Lipinski definition) is 1. The lowest BCUT2D eigenvalue weighted by Crippen LogP contribution is -2.23. The van der Waals surface area contributed by atoms with Crippen molar-refractivity contribution in [3.05, 3.63) is 46.5 Å². The zero-order chi connectivity index (χ0) is 15.1. The Hall–Kier alpha value is -0.990. The van der Waals surface area contributed by atoms with Crippen LogP contribution in [0.5, 0.6) is 0 Å². The van der Waals surface area contributed by atoms with Crippen molar-refractivity contribution in [1.29, 1.82) is 0 Å². The average molecular weight is 368 g/mol. The predicted molar refractivity (Wildman–Crippen MR) is 73.3 cm³/mol. The van der Waals surface area contributed by atoms with E-state index in [0.717, 1.165) is 12.1 Å². The lowest BCUT2D eigenvalue weighted by Gasteiger charge is -2.14. The molecule has 1 aliphatic rings. The van der Waals surface area contributed by atoms with E-state index in [-0.39, 0.29) is 5.03 Å². The maximum Gasteiger partial charge on any atom is 0.212 e. The first-order valence-corrected chi connectivity index (χ1v) is 8.10. The second kappa shape index (κ2) is 5.09. The summed E-state index contributed by atoms with van der Waals surface area (Å²) in [4.78, 5) is 5.06. The van der Waals surface area contributed by atoms with Gasteiger partial charge in [-0.3, -0.25) is 10.3 Å². The summed E-state index contributed by atoms with van der Waals surface area (Å²) >= 11 is 2.85. The normalized spacial score (nSPS) is 19.4. The Morgan fingerprint density at radius 1 is 1.30 bits per heavy atom. The summed E-state index contributed by atoms with van der Waals surface area (Å²) in [6.07, 6.45) is 1.34. The number of sulfone groups is 1. The molecule has 1 N–H and O–H groups in total. The third kappa shape index (κ3) is 2.72. The highest BCUT2D eigenvalue weighted by molar-refractivity contribution is 9.10. The van der Waals surface area contributed by atoms with Gasteiger partial charge in [0.1, 0.15) is 17.2 Å². The number of hydrogen-bond acceptors (Lipinski definition) is 4. The van der Waals surface area contributed by atoms with Gasteiger partial charge in [0, 0.05) is 0 Å². The minimum absolute atomic E-state index is 0.230. The van der Waals surface area contributed by atoms with Crippen molar-refractivity contribution in [2.45, 2.75) is 23.6 Å². The van der Waals surface area contributed by atoms with Gasteiger partial charge >= 0.3 is 0 Å². The van der Waals surface area contributed by atoms with Gasteiger partial charge < -0.3 is 0 Å². The Balaban J connectivity index is 2.46. The molecule has 1 aromatic rings. The molecule has 1 atom stereocenters. The van der Waals surface area contributed by atoms with E-state index in [1.54, 1.807) is 13.8 Å². The van der Waals surface area contributed by atoms with Crippen LogP contribution in [-0.2, 0) is 14.7 Å². The molecular weight excluding hydrogens is 356 g/mol. The molecule has 2 rings (SSSR count). The van der Waals surface area contributed by atoms with Crippen molar-refractivity contribution < 1.29 is 22.0 Å². The second-order valence-corrected chi connectivity index (χ2v) is 8.34. The van der Waals surface area contributed by atoms with Gasteiger partial charge in [0.25, 0.3) is 0 Å². The van der Waals surface area contributed by atoms with Gasteiger partial charge in [-0.1, -0.05) is 22.0 Å². The maximum absolute atomic E-state index is 13.7. The molecule has 0 bridgehead atoms. The molecule has 8 heteroatoms. The summed E-state index contributed by atoms with van der Waals surface area (Å²) < 4.78 is 50.4. The van der Waals surface area contributed by atoms with E-state index in [9.17, 15) is 17.2 Å². The first kappa shape index (κ1) is 15.4. The minimum Gasteiger partial charge on any atom is -0.265 e. The predicted octanol–water partition coefficient (Wildman–Crippen LogP) is 2.93. The molecule has 0 saturated heterocycles. The molecule has 0 aromatic heterocycles. The minimum atomic E-state index is -4.05. The van der Waals surface area contributed by atoms with Crippen LogP contribution in [0.3, 0.4) is 0 Å². The number of hydroxylamine groups is 1. The molecule has 0 amide bonds. The van der Waals surface area contributed by atoms with Crippen molar-refractivity contribution in [3.8, 4) is 0 Å². The smallest absolute Gasteiger partial charge is 0.212 e. The van der Waals surface area contributed by atoms with Gasteiger partial charge in [0.2, 0.25) is 9.84 Å². The van der Waals surface area contributed by atoms with Crippen LogP contribution in [0.25, 0.3) is 0 Å². The zero-order valence-corrected chi connectivity index (χ0v) is 13.1. The number of nitrogens with one attached hydrogen (secondary N) is 1. The molecule has 0 spiro atoms. The van der Waals surface area contributed by atoms with Gasteiger partial charge in [0.15, 0.2) is 9.19 Å². The van der Waals surface area contributed by atoms with Crippen LogP contribution in [-0.4, -0.2) is 14.0 Å². The summed E-state index contributed by atoms with van der Waals surface area (Å²) in [7, 11) is -4.05. The van der Waals surface area contributed by atoms with E-state index in [4.69, 9.17) is 4.84 Å². The van der Waals surface area contributed by atoms with Crippen molar-refractivity contribution >= 4 is 25.8 Å². The molecular formula is C12H12BrF2NO3S. The standard InChI is InChI=1S/C12H12BrF2NO3S/c1-12(2)6-9(16-19-12)20(17,18)11(13)10-7(14)4-3-5-8(10)15/h3-6,11,16H,1-2H3. The lowest BCUT2D eigenvalue weighted by atomic mass is 10.1. The third-order valence-electron chi connectivity index (χ3n) is 2.70. The van der Waals surface area contributed by atoms with Crippen LogP contribution in [0.2, 0.25) is 0 Å². The number of halogens is 3. The number of benzene rings is 1. The SMILES string of the molecule is CC1(C)C=C(S(=O)(=O)C(Br)c2c(F)cccc2F)NO1. The van der Waals surface area contributed by atoms with Crippen molar-refractivity contribution in [2.75, 3.05) is 0 Å². The van der Waals surface area contributed by atoms with Gasteiger partial charge in [-0.15, -0.1) is 0 Å². The van der Waals surface area contributed by atoms with Crippen LogP contribution < -0.4 is 5.48 Å². The van der Waals surface area contributed by atoms with E-state index in [2.05, 4.69) is 21.4 Å². The maximum atomic E-state index is 13.7. The van der Waals surface area contributed by atoms with E-state index in [0.29, 0.717) is 0 Å². The van der Waals surface area contributed by atoms with E-state index in [1.807, 2.05) is 0 Å². The van der Waals surface area contributed by atoms with Gasteiger partial charge in [0.05, 0.1) is 5.56 Å². The lowest BCUT2D eigenvalue weighted by molar-refractivity contribution is -0.0129. The largest absolute Gasteiger partial charge is 0.265 e. The summed E-state index contributed by atoms with van der Waals surface area (Å²) in [5.74, 6) is -1.87. The summed E-state index contributed by atoms with van der Waals surface area (Å²) in [5.41, 5.74) is 0.903. The Labute approximate surface area is 123 Å². The molecule has 1 heterocycles. The summed E-state index contributed by atoms with van der Waals surface area (Å²) in [6, 6.07) is 3.16. The number of rotatable bonds is 3. The van der Waals surface area contributed by atoms with Crippen LogP contribution in [0.1, 0.15) is 23.6 Å². The topological polar surface area (TPSA) is 55.4 Å². The number of alkyl halides is 1. The molecule has 110 valence electrons.